The van der Waals surface area contributed by atoms with E-state index >= 15 is 0 Å². The van der Waals surface area contributed by atoms with Crippen molar-refractivity contribution in [3.05, 3.63) is 75.9 Å². The highest BCUT2D eigenvalue weighted by atomic mass is 32.2. The monoisotopic (exact) mass is 431 g/mol. The van der Waals surface area contributed by atoms with E-state index in [0.29, 0.717) is 13.0 Å². The van der Waals surface area contributed by atoms with E-state index in [4.69, 9.17) is 4.42 Å². The van der Waals surface area contributed by atoms with Gasteiger partial charge in [-0.05, 0) is 41.1 Å². The SMILES string of the molecule is O=C(NNC(=O)c1sccc1S(=O)(=O)N1CCc2ccccc2C1)c1ccco1. The van der Waals surface area contributed by atoms with Gasteiger partial charge in [0.2, 0.25) is 10.0 Å². The largest absolute Gasteiger partial charge is 0.459 e. The molecule has 3 heterocycles. The lowest BCUT2D eigenvalue weighted by Crippen LogP contribution is -2.42. The van der Waals surface area contributed by atoms with Crippen molar-refractivity contribution in [1.82, 2.24) is 15.2 Å². The highest BCUT2D eigenvalue weighted by molar-refractivity contribution is 7.89. The summed E-state index contributed by atoms with van der Waals surface area (Å²) < 4.78 is 32.6. The van der Waals surface area contributed by atoms with E-state index in [1.54, 1.807) is 0 Å². The summed E-state index contributed by atoms with van der Waals surface area (Å²) in [5.41, 5.74) is 6.52. The number of hydrogen-bond donors (Lipinski definition) is 2. The summed E-state index contributed by atoms with van der Waals surface area (Å²) in [6.45, 7) is 0.593. The Morgan fingerprint density at radius 1 is 1.00 bits per heavy atom. The predicted molar refractivity (Wildman–Crippen MR) is 106 cm³/mol. The quantitative estimate of drug-likeness (QED) is 0.616. The third-order valence-electron chi connectivity index (χ3n) is 4.58. The number of amides is 2. The van der Waals surface area contributed by atoms with Crippen LogP contribution in [0.4, 0.5) is 0 Å². The van der Waals surface area contributed by atoms with Gasteiger partial charge >= 0.3 is 5.91 Å². The Balaban J connectivity index is 1.51. The molecule has 0 atom stereocenters. The molecule has 0 radical (unpaired) electrons. The molecule has 0 spiro atoms. The number of thiophene rings is 1. The van der Waals surface area contributed by atoms with Crippen LogP contribution in [0.15, 0.2) is 63.4 Å². The Bertz CT molecular complexity index is 1150. The second kappa shape index (κ2) is 7.82. The molecular formula is C19H17N3O5S2. The van der Waals surface area contributed by atoms with Crippen LogP contribution in [0.3, 0.4) is 0 Å². The van der Waals surface area contributed by atoms with Gasteiger partial charge in [0.15, 0.2) is 5.76 Å². The molecular weight excluding hydrogens is 414 g/mol. The van der Waals surface area contributed by atoms with Crippen LogP contribution in [0.1, 0.15) is 31.4 Å². The fourth-order valence-corrected chi connectivity index (χ4v) is 5.83. The second-order valence-corrected chi connectivity index (χ2v) is 9.18. The zero-order valence-electron chi connectivity index (χ0n) is 15.1. The first-order valence-electron chi connectivity index (χ1n) is 8.75. The smallest absolute Gasteiger partial charge is 0.305 e. The number of carbonyl (C=O) groups is 2. The molecule has 0 saturated carbocycles. The van der Waals surface area contributed by atoms with E-state index in [1.807, 2.05) is 24.3 Å². The Morgan fingerprint density at radius 3 is 2.52 bits per heavy atom. The molecule has 1 aliphatic heterocycles. The third-order valence-corrected chi connectivity index (χ3v) is 7.51. The maximum Gasteiger partial charge on any atom is 0.305 e. The Labute approximate surface area is 171 Å². The maximum absolute atomic E-state index is 13.2. The molecule has 0 saturated heterocycles. The molecule has 0 unspecified atom stereocenters. The fourth-order valence-electron chi connectivity index (χ4n) is 3.12. The molecule has 10 heteroatoms. The average molecular weight is 431 g/mol. The number of hydrazine groups is 1. The minimum absolute atomic E-state index is 0.00334. The molecule has 0 fully saturated rings. The first-order chi connectivity index (χ1) is 14.0. The van der Waals surface area contributed by atoms with Gasteiger partial charge in [-0.15, -0.1) is 11.3 Å². The minimum Gasteiger partial charge on any atom is -0.459 e. The number of carbonyl (C=O) groups excluding carboxylic acids is 2. The van der Waals surface area contributed by atoms with Crippen molar-refractivity contribution in [2.75, 3.05) is 6.54 Å². The van der Waals surface area contributed by atoms with Crippen LogP contribution in [0.25, 0.3) is 0 Å². The zero-order valence-corrected chi connectivity index (χ0v) is 16.8. The second-order valence-electron chi connectivity index (χ2n) is 6.36. The first kappa shape index (κ1) is 19.4. The molecule has 8 nitrogen and oxygen atoms in total. The van der Waals surface area contributed by atoms with Crippen LogP contribution in [-0.2, 0) is 23.0 Å². The molecule has 4 rings (SSSR count). The number of fused-ring (bicyclic) bond motifs is 1. The maximum atomic E-state index is 13.2. The van der Waals surface area contributed by atoms with Crippen molar-refractivity contribution in [1.29, 1.82) is 0 Å². The lowest BCUT2D eigenvalue weighted by Gasteiger charge is -2.28. The summed E-state index contributed by atoms with van der Waals surface area (Å²) in [6, 6.07) is 12.1. The van der Waals surface area contributed by atoms with Crippen LogP contribution in [0.5, 0.6) is 0 Å². The normalized spacial score (nSPS) is 14.2. The van der Waals surface area contributed by atoms with Gasteiger partial charge in [0.1, 0.15) is 9.77 Å². The number of furan rings is 1. The average Bonchev–Trinajstić information content (AvgIpc) is 3.43. The standard InChI is InChI=1S/C19H17N3O5S2/c23-18(15-6-3-10-27-15)20-21-19(24)17-16(8-11-28-17)29(25,26)22-9-7-13-4-1-2-5-14(13)12-22/h1-6,8,10-11H,7,9,12H2,(H,20,23)(H,21,24). The van der Waals surface area contributed by atoms with Gasteiger partial charge in [0.05, 0.1) is 6.26 Å². The van der Waals surface area contributed by atoms with E-state index in [9.17, 15) is 18.0 Å². The number of nitrogens with one attached hydrogen (secondary N) is 2. The number of nitrogens with zero attached hydrogens (tertiary/aromatic N) is 1. The third kappa shape index (κ3) is 3.82. The van der Waals surface area contributed by atoms with E-state index in [2.05, 4.69) is 10.9 Å². The summed E-state index contributed by atoms with van der Waals surface area (Å²) in [5.74, 6) is -1.33. The van der Waals surface area contributed by atoms with Crippen molar-refractivity contribution in [3.63, 3.8) is 0 Å². The van der Waals surface area contributed by atoms with Gasteiger partial charge in [0, 0.05) is 13.1 Å². The van der Waals surface area contributed by atoms with Crippen LogP contribution in [0, 0.1) is 0 Å². The molecule has 2 aromatic heterocycles. The van der Waals surface area contributed by atoms with E-state index in [0.717, 1.165) is 22.5 Å². The number of hydrogen-bond acceptors (Lipinski definition) is 6. The van der Waals surface area contributed by atoms with Crippen molar-refractivity contribution in [3.8, 4) is 0 Å². The summed E-state index contributed by atoms with van der Waals surface area (Å²) >= 11 is 0.991. The Hall–Kier alpha value is -2.95. The van der Waals surface area contributed by atoms with Crippen molar-refractivity contribution >= 4 is 33.2 Å². The van der Waals surface area contributed by atoms with Gasteiger partial charge < -0.3 is 4.42 Å². The highest BCUT2D eigenvalue weighted by Crippen LogP contribution is 2.29. The minimum atomic E-state index is -3.87. The molecule has 0 aliphatic carbocycles. The van der Waals surface area contributed by atoms with Gasteiger partial charge in [-0.25, -0.2) is 8.42 Å². The van der Waals surface area contributed by atoms with E-state index < -0.39 is 21.8 Å². The van der Waals surface area contributed by atoms with Crippen molar-refractivity contribution < 1.29 is 22.4 Å². The summed E-state index contributed by atoms with van der Waals surface area (Å²) in [5, 5.41) is 1.54. The fraction of sp³-hybridized carbons (Fsp3) is 0.158. The van der Waals surface area contributed by atoms with Crippen LogP contribution in [-0.4, -0.2) is 31.1 Å². The topological polar surface area (TPSA) is 109 Å². The lowest BCUT2D eigenvalue weighted by atomic mass is 10.0. The van der Waals surface area contributed by atoms with Crippen LogP contribution < -0.4 is 10.9 Å². The van der Waals surface area contributed by atoms with Crippen LogP contribution in [0.2, 0.25) is 0 Å². The molecule has 0 bridgehead atoms. The lowest BCUT2D eigenvalue weighted by molar-refractivity contribution is 0.0831. The van der Waals surface area contributed by atoms with Crippen molar-refractivity contribution in [2.24, 2.45) is 0 Å². The van der Waals surface area contributed by atoms with Gasteiger partial charge in [-0.3, -0.25) is 20.4 Å². The summed E-state index contributed by atoms with van der Waals surface area (Å²) in [7, 11) is -3.87. The number of sulfonamides is 1. The van der Waals surface area contributed by atoms with Gasteiger partial charge in [-0.1, -0.05) is 24.3 Å². The molecule has 2 amide bonds. The Kier molecular flexibility index (Phi) is 5.22. The molecule has 29 heavy (non-hydrogen) atoms. The summed E-state index contributed by atoms with van der Waals surface area (Å²) in [6.07, 6.45) is 1.94. The van der Waals surface area contributed by atoms with Crippen molar-refractivity contribution in [2.45, 2.75) is 17.9 Å². The highest BCUT2D eigenvalue weighted by Gasteiger charge is 2.32. The number of rotatable bonds is 4. The molecule has 1 aromatic carbocycles. The van der Waals surface area contributed by atoms with Gasteiger partial charge in [0.25, 0.3) is 5.91 Å². The molecule has 1 aliphatic rings. The summed E-state index contributed by atoms with van der Waals surface area (Å²) in [4.78, 5) is 24.3. The van der Waals surface area contributed by atoms with E-state index in [-0.39, 0.29) is 22.1 Å². The zero-order chi connectivity index (χ0) is 20.4. The van der Waals surface area contributed by atoms with Crippen LogP contribution >= 0.6 is 11.3 Å². The Morgan fingerprint density at radius 2 is 1.76 bits per heavy atom. The molecule has 3 aromatic rings. The predicted octanol–water partition coefficient (Wildman–Crippen LogP) is 2.16. The van der Waals surface area contributed by atoms with E-state index in [1.165, 1.54) is 34.1 Å². The number of benzene rings is 1. The first-order valence-corrected chi connectivity index (χ1v) is 11.1. The molecule has 150 valence electrons. The van der Waals surface area contributed by atoms with Gasteiger partial charge in [-0.2, -0.15) is 4.31 Å². The molecule has 2 N–H and O–H groups in total.